The van der Waals surface area contributed by atoms with Gasteiger partial charge in [-0.05, 0) is 6.42 Å². The van der Waals surface area contributed by atoms with Gasteiger partial charge in [-0.25, -0.2) is 4.98 Å². The topological polar surface area (TPSA) is 42.2 Å². The van der Waals surface area contributed by atoms with Crippen LogP contribution in [-0.2, 0) is 6.54 Å². The number of nitrogens with two attached hydrogens (primary N) is 1. The molecule has 3 nitrogen and oxygen atoms in total. The molecule has 5 heteroatoms. The van der Waals surface area contributed by atoms with Crippen LogP contribution in [0.25, 0.3) is 0 Å². The summed E-state index contributed by atoms with van der Waals surface area (Å²) >= 11 is 1.84. The van der Waals surface area contributed by atoms with Crippen molar-refractivity contribution >= 4 is 23.7 Å². The van der Waals surface area contributed by atoms with Crippen molar-refractivity contribution in [3.8, 4) is 0 Å². The van der Waals surface area contributed by atoms with E-state index in [0.717, 1.165) is 26.1 Å². The summed E-state index contributed by atoms with van der Waals surface area (Å²) in [6, 6.07) is 0.377. The molecule has 2 N–H and O–H groups in total. The smallest absolute Gasteiger partial charge is 0.0953 e. The van der Waals surface area contributed by atoms with Gasteiger partial charge in [0.15, 0.2) is 0 Å². The summed E-state index contributed by atoms with van der Waals surface area (Å²) < 4.78 is 0. The largest absolute Gasteiger partial charge is 0.326 e. The third-order valence-corrected chi connectivity index (χ3v) is 4.04. The minimum absolute atomic E-state index is 0. The Morgan fingerprint density at radius 3 is 2.88 bits per heavy atom. The first-order valence-corrected chi connectivity index (χ1v) is 6.39. The summed E-state index contributed by atoms with van der Waals surface area (Å²) in [5, 5.41) is 1.24. The van der Waals surface area contributed by atoms with Crippen LogP contribution in [0.15, 0.2) is 6.20 Å². The average Bonchev–Trinajstić information content (AvgIpc) is 2.76. The monoisotopic (exact) mass is 261 g/mol. The lowest BCUT2D eigenvalue weighted by molar-refractivity contribution is 0.329. The third kappa shape index (κ3) is 3.42. The van der Waals surface area contributed by atoms with Gasteiger partial charge in [-0.2, -0.15) is 0 Å². The number of thiazole rings is 1. The molecule has 92 valence electrons. The quantitative estimate of drug-likeness (QED) is 0.907. The van der Waals surface area contributed by atoms with E-state index in [0.29, 0.717) is 12.0 Å². The number of hydrogen-bond acceptors (Lipinski definition) is 4. The highest BCUT2D eigenvalue weighted by Crippen LogP contribution is 2.23. The summed E-state index contributed by atoms with van der Waals surface area (Å²) in [4.78, 5) is 8.22. The number of nitrogens with zero attached hydrogens (tertiary/aromatic N) is 2. The van der Waals surface area contributed by atoms with Crippen LogP contribution in [0.5, 0.6) is 0 Å². The van der Waals surface area contributed by atoms with Crippen LogP contribution in [0.3, 0.4) is 0 Å². The van der Waals surface area contributed by atoms with Crippen molar-refractivity contribution < 1.29 is 0 Å². The molecule has 0 bridgehead atoms. The van der Waals surface area contributed by atoms with E-state index in [9.17, 15) is 0 Å². The van der Waals surface area contributed by atoms with Crippen LogP contribution < -0.4 is 5.73 Å². The molecular formula is C11H20ClN3S. The molecule has 1 aromatic heterocycles. The molecule has 0 amide bonds. The molecule has 1 aliphatic rings. The molecule has 0 radical (unpaired) electrons. The van der Waals surface area contributed by atoms with Crippen molar-refractivity contribution in [2.24, 2.45) is 5.73 Å². The van der Waals surface area contributed by atoms with Crippen molar-refractivity contribution in [1.29, 1.82) is 0 Å². The second-order valence-electron chi connectivity index (χ2n) is 4.60. The average molecular weight is 262 g/mol. The Bertz CT molecular complexity index is 327. The normalized spacial score (nSPS) is 21.4. The zero-order valence-electron chi connectivity index (χ0n) is 9.85. The third-order valence-electron chi connectivity index (χ3n) is 2.75. The Labute approximate surface area is 107 Å². The van der Waals surface area contributed by atoms with Crippen molar-refractivity contribution in [1.82, 2.24) is 9.88 Å². The zero-order chi connectivity index (χ0) is 10.8. The number of hydrogen-bond donors (Lipinski definition) is 1. The summed E-state index contributed by atoms with van der Waals surface area (Å²) in [6.45, 7) is 7.58. The maximum absolute atomic E-state index is 5.88. The molecule has 16 heavy (non-hydrogen) atoms. The van der Waals surface area contributed by atoms with Crippen LogP contribution in [0, 0.1) is 0 Å². The summed E-state index contributed by atoms with van der Waals surface area (Å²) in [6.07, 6.45) is 3.15. The molecule has 0 spiro atoms. The van der Waals surface area contributed by atoms with Gasteiger partial charge >= 0.3 is 0 Å². The van der Waals surface area contributed by atoms with Crippen LogP contribution in [0.4, 0.5) is 0 Å². The van der Waals surface area contributed by atoms with E-state index >= 15 is 0 Å². The van der Waals surface area contributed by atoms with Crippen LogP contribution in [0.2, 0.25) is 0 Å². The minimum Gasteiger partial charge on any atom is -0.326 e. The fourth-order valence-corrected chi connectivity index (χ4v) is 2.85. The fourth-order valence-electron chi connectivity index (χ4n) is 1.89. The van der Waals surface area contributed by atoms with E-state index in [1.54, 1.807) is 0 Å². The molecule has 1 saturated heterocycles. The molecule has 2 rings (SSSR count). The van der Waals surface area contributed by atoms with Crippen molar-refractivity contribution in [2.45, 2.75) is 38.8 Å². The first-order valence-electron chi connectivity index (χ1n) is 5.57. The van der Waals surface area contributed by atoms with E-state index < -0.39 is 0 Å². The van der Waals surface area contributed by atoms with Gasteiger partial charge in [0, 0.05) is 42.7 Å². The van der Waals surface area contributed by atoms with Gasteiger partial charge in [0.2, 0.25) is 0 Å². The van der Waals surface area contributed by atoms with Gasteiger partial charge in [-0.15, -0.1) is 23.7 Å². The highest BCUT2D eigenvalue weighted by molar-refractivity contribution is 7.11. The lowest BCUT2D eigenvalue weighted by Gasteiger charge is -2.12. The Morgan fingerprint density at radius 1 is 1.62 bits per heavy atom. The van der Waals surface area contributed by atoms with Gasteiger partial charge < -0.3 is 5.73 Å². The van der Waals surface area contributed by atoms with Crippen molar-refractivity contribution in [2.75, 3.05) is 13.1 Å². The highest BCUT2D eigenvalue weighted by Gasteiger charge is 2.19. The first-order chi connectivity index (χ1) is 7.15. The van der Waals surface area contributed by atoms with Crippen LogP contribution >= 0.6 is 23.7 Å². The van der Waals surface area contributed by atoms with E-state index in [4.69, 9.17) is 5.73 Å². The number of rotatable bonds is 3. The number of aromatic nitrogens is 1. The van der Waals surface area contributed by atoms with Gasteiger partial charge in [0.25, 0.3) is 0 Å². The Morgan fingerprint density at radius 2 is 2.38 bits per heavy atom. The maximum atomic E-state index is 5.88. The highest BCUT2D eigenvalue weighted by atomic mass is 35.5. The maximum Gasteiger partial charge on any atom is 0.0953 e. The lowest BCUT2D eigenvalue weighted by Crippen LogP contribution is -2.25. The molecule has 1 atom stereocenters. The molecule has 1 fully saturated rings. The standard InChI is InChI=1S/C11H19N3S.ClH/c1-8(2)11-13-5-10(15-11)7-14-4-3-9(12)6-14;/h5,8-9H,3-4,6-7,12H2,1-2H3;1H/t9-;/m0./s1. The van der Waals surface area contributed by atoms with Crippen LogP contribution in [-0.4, -0.2) is 29.0 Å². The van der Waals surface area contributed by atoms with E-state index in [1.165, 1.54) is 9.88 Å². The molecule has 0 aliphatic carbocycles. The molecule has 2 heterocycles. The lowest BCUT2D eigenvalue weighted by atomic mass is 10.2. The van der Waals surface area contributed by atoms with E-state index in [-0.39, 0.29) is 12.4 Å². The minimum atomic E-state index is 0. The molecule has 1 aromatic rings. The number of halogens is 1. The SMILES string of the molecule is CC(C)c1ncc(CN2CC[C@H](N)C2)s1.Cl. The Balaban J connectivity index is 0.00000128. The predicted octanol–water partition coefficient (Wildman–Crippen LogP) is 2.22. The van der Waals surface area contributed by atoms with E-state index in [2.05, 4.69) is 23.7 Å². The molecule has 0 aromatic carbocycles. The Hall–Kier alpha value is -0.160. The fraction of sp³-hybridized carbons (Fsp3) is 0.727. The molecule has 0 unspecified atom stereocenters. The van der Waals surface area contributed by atoms with Gasteiger partial charge in [0.1, 0.15) is 0 Å². The van der Waals surface area contributed by atoms with Crippen LogP contribution in [0.1, 0.15) is 36.1 Å². The second kappa shape index (κ2) is 5.96. The molecule has 1 aliphatic heterocycles. The summed E-state index contributed by atoms with van der Waals surface area (Å²) in [7, 11) is 0. The predicted molar refractivity (Wildman–Crippen MR) is 71.3 cm³/mol. The molecular weight excluding hydrogens is 242 g/mol. The van der Waals surface area contributed by atoms with Gasteiger partial charge in [-0.1, -0.05) is 13.8 Å². The second-order valence-corrected chi connectivity index (χ2v) is 5.75. The van der Waals surface area contributed by atoms with Gasteiger partial charge in [0.05, 0.1) is 5.01 Å². The Kier molecular flexibility index (Phi) is 5.18. The summed E-state index contributed by atoms with van der Waals surface area (Å²) in [5.74, 6) is 0.546. The van der Waals surface area contributed by atoms with Crippen molar-refractivity contribution in [3.63, 3.8) is 0 Å². The molecule has 0 saturated carbocycles. The summed E-state index contributed by atoms with van der Waals surface area (Å²) in [5.41, 5.74) is 5.88. The van der Waals surface area contributed by atoms with Gasteiger partial charge in [-0.3, -0.25) is 4.90 Å². The van der Waals surface area contributed by atoms with Crippen molar-refractivity contribution in [3.05, 3.63) is 16.1 Å². The number of likely N-dealkylation sites (tertiary alicyclic amines) is 1. The zero-order valence-corrected chi connectivity index (χ0v) is 11.5. The van der Waals surface area contributed by atoms with E-state index in [1.807, 2.05) is 17.5 Å². The first kappa shape index (κ1) is 13.9.